The van der Waals surface area contributed by atoms with Crippen LogP contribution in [0.15, 0.2) is 23.1 Å². The maximum absolute atomic E-state index is 4.39. The van der Waals surface area contributed by atoms with Crippen LogP contribution in [-0.2, 0) is 12.8 Å². The Morgan fingerprint density at radius 2 is 2.00 bits per heavy atom. The van der Waals surface area contributed by atoms with Crippen LogP contribution in [0.25, 0.3) is 10.9 Å². The highest BCUT2D eigenvalue weighted by molar-refractivity contribution is 7.80. The standard InChI is InChI=1S/C12H13NS/c14-8-5-6-12-10(7-8)9-3-1-2-4-11(9)13-12/h5-7,13-14H,1-4H2. The smallest absolute Gasteiger partial charge is 0.0459 e. The molecular weight excluding hydrogens is 190 g/mol. The fraction of sp³-hybridized carbons (Fsp3) is 0.333. The Bertz CT molecular complexity index is 484. The summed E-state index contributed by atoms with van der Waals surface area (Å²) in [5.74, 6) is 0. The van der Waals surface area contributed by atoms with Crippen LogP contribution < -0.4 is 0 Å². The van der Waals surface area contributed by atoms with Gasteiger partial charge in [-0.15, -0.1) is 12.6 Å². The molecule has 1 aliphatic carbocycles. The molecule has 2 aromatic rings. The molecule has 3 rings (SSSR count). The monoisotopic (exact) mass is 203 g/mol. The topological polar surface area (TPSA) is 15.8 Å². The lowest BCUT2D eigenvalue weighted by atomic mass is 9.96. The predicted octanol–water partition coefficient (Wildman–Crippen LogP) is 3.34. The molecule has 1 N–H and O–H groups in total. The molecule has 1 aromatic heterocycles. The van der Waals surface area contributed by atoms with Crippen LogP contribution in [-0.4, -0.2) is 4.98 Å². The summed E-state index contributed by atoms with van der Waals surface area (Å²) >= 11 is 4.39. The average molecular weight is 203 g/mol. The Kier molecular flexibility index (Phi) is 1.84. The summed E-state index contributed by atoms with van der Waals surface area (Å²) in [6.45, 7) is 0. The molecule has 14 heavy (non-hydrogen) atoms. The first-order valence-corrected chi connectivity index (χ1v) is 5.62. The number of fused-ring (bicyclic) bond motifs is 3. The molecule has 0 atom stereocenters. The number of aryl methyl sites for hydroxylation is 2. The number of thiol groups is 1. The van der Waals surface area contributed by atoms with Crippen LogP contribution in [0.1, 0.15) is 24.1 Å². The van der Waals surface area contributed by atoms with Gasteiger partial charge in [0.1, 0.15) is 0 Å². The van der Waals surface area contributed by atoms with Gasteiger partial charge >= 0.3 is 0 Å². The first-order chi connectivity index (χ1) is 6.84. The van der Waals surface area contributed by atoms with Crippen molar-refractivity contribution in [3.05, 3.63) is 29.5 Å². The van der Waals surface area contributed by atoms with E-state index in [1.807, 2.05) is 6.07 Å². The first kappa shape index (κ1) is 8.42. The summed E-state index contributed by atoms with van der Waals surface area (Å²) in [4.78, 5) is 4.57. The number of aromatic nitrogens is 1. The van der Waals surface area contributed by atoms with Gasteiger partial charge in [-0.1, -0.05) is 0 Å². The van der Waals surface area contributed by atoms with Gasteiger partial charge in [0, 0.05) is 21.5 Å². The molecule has 2 heteroatoms. The maximum atomic E-state index is 4.39. The van der Waals surface area contributed by atoms with Crippen molar-refractivity contribution >= 4 is 23.5 Å². The van der Waals surface area contributed by atoms with E-state index in [0.29, 0.717) is 0 Å². The molecule has 0 aliphatic heterocycles. The fourth-order valence-corrected chi connectivity index (χ4v) is 2.60. The molecule has 0 unspecified atom stereocenters. The van der Waals surface area contributed by atoms with Crippen molar-refractivity contribution in [2.75, 3.05) is 0 Å². The minimum Gasteiger partial charge on any atom is -0.358 e. The highest BCUT2D eigenvalue weighted by atomic mass is 32.1. The van der Waals surface area contributed by atoms with E-state index in [-0.39, 0.29) is 0 Å². The van der Waals surface area contributed by atoms with E-state index >= 15 is 0 Å². The summed E-state index contributed by atoms with van der Waals surface area (Å²) in [6.07, 6.45) is 5.10. The second-order valence-corrected chi connectivity index (χ2v) is 4.54. The number of rotatable bonds is 0. The Labute approximate surface area is 88.9 Å². The Morgan fingerprint density at radius 1 is 1.14 bits per heavy atom. The van der Waals surface area contributed by atoms with E-state index in [9.17, 15) is 0 Å². The van der Waals surface area contributed by atoms with Gasteiger partial charge in [-0.05, 0) is 49.4 Å². The quantitative estimate of drug-likeness (QED) is 0.611. The van der Waals surface area contributed by atoms with E-state index in [4.69, 9.17) is 0 Å². The SMILES string of the molecule is Sc1ccc2[nH]c3c(c2c1)CCCC3. The van der Waals surface area contributed by atoms with Gasteiger partial charge in [-0.25, -0.2) is 0 Å². The fourth-order valence-electron chi connectivity index (χ4n) is 2.39. The molecule has 1 aromatic carbocycles. The van der Waals surface area contributed by atoms with Crippen molar-refractivity contribution in [3.63, 3.8) is 0 Å². The van der Waals surface area contributed by atoms with Crippen molar-refractivity contribution in [3.8, 4) is 0 Å². The van der Waals surface area contributed by atoms with Gasteiger partial charge in [0.15, 0.2) is 0 Å². The predicted molar refractivity (Wildman–Crippen MR) is 62.2 cm³/mol. The molecule has 72 valence electrons. The summed E-state index contributed by atoms with van der Waals surface area (Å²) in [6, 6.07) is 6.36. The zero-order valence-electron chi connectivity index (χ0n) is 8.01. The average Bonchev–Trinajstić information content (AvgIpc) is 2.56. The number of hydrogen-bond donors (Lipinski definition) is 2. The van der Waals surface area contributed by atoms with Crippen LogP contribution in [0.3, 0.4) is 0 Å². The lowest BCUT2D eigenvalue weighted by Crippen LogP contribution is -1.99. The van der Waals surface area contributed by atoms with Gasteiger partial charge in [0.2, 0.25) is 0 Å². The minimum absolute atomic E-state index is 1.06. The summed E-state index contributed by atoms with van der Waals surface area (Å²) in [7, 11) is 0. The molecule has 0 saturated heterocycles. The van der Waals surface area contributed by atoms with E-state index in [1.54, 1.807) is 0 Å². The molecule has 1 heterocycles. The minimum atomic E-state index is 1.06. The van der Waals surface area contributed by atoms with Gasteiger partial charge in [-0.3, -0.25) is 0 Å². The van der Waals surface area contributed by atoms with Crippen molar-refractivity contribution in [1.29, 1.82) is 0 Å². The molecule has 0 saturated carbocycles. The van der Waals surface area contributed by atoms with Crippen molar-refractivity contribution < 1.29 is 0 Å². The molecule has 1 nitrogen and oxygen atoms in total. The Hall–Kier alpha value is -0.890. The zero-order valence-corrected chi connectivity index (χ0v) is 8.90. The molecule has 0 radical (unpaired) electrons. The van der Waals surface area contributed by atoms with Crippen molar-refractivity contribution in [2.45, 2.75) is 30.6 Å². The van der Waals surface area contributed by atoms with E-state index in [0.717, 1.165) is 4.90 Å². The van der Waals surface area contributed by atoms with E-state index < -0.39 is 0 Å². The molecule has 1 aliphatic rings. The summed E-state index contributed by atoms with van der Waals surface area (Å²) in [5.41, 5.74) is 4.25. The third kappa shape index (κ3) is 1.17. The largest absolute Gasteiger partial charge is 0.358 e. The Balaban J connectivity index is 2.32. The van der Waals surface area contributed by atoms with Crippen LogP contribution >= 0.6 is 12.6 Å². The third-order valence-electron chi connectivity index (χ3n) is 3.08. The lowest BCUT2D eigenvalue weighted by molar-refractivity contribution is 0.680. The second kappa shape index (κ2) is 3.06. The Morgan fingerprint density at radius 3 is 2.93 bits per heavy atom. The summed E-state index contributed by atoms with van der Waals surface area (Å²) in [5, 5.41) is 1.38. The number of H-pyrrole nitrogens is 1. The second-order valence-electron chi connectivity index (χ2n) is 4.02. The van der Waals surface area contributed by atoms with Gasteiger partial charge in [0.25, 0.3) is 0 Å². The van der Waals surface area contributed by atoms with Gasteiger partial charge in [0.05, 0.1) is 0 Å². The van der Waals surface area contributed by atoms with E-state index in [1.165, 1.54) is 47.8 Å². The number of benzene rings is 1. The number of hydrogen-bond acceptors (Lipinski definition) is 1. The molecule has 0 amide bonds. The zero-order chi connectivity index (χ0) is 9.54. The maximum Gasteiger partial charge on any atom is 0.0459 e. The van der Waals surface area contributed by atoms with Crippen LogP contribution in [0.2, 0.25) is 0 Å². The van der Waals surface area contributed by atoms with Gasteiger partial charge < -0.3 is 4.98 Å². The van der Waals surface area contributed by atoms with Crippen LogP contribution in [0.5, 0.6) is 0 Å². The molecular formula is C12H13NS. The first-order valence-electron chi connectivity index (χ1n) is 5.17. The van der Waals surface area contributed by atoms with Crippen molar-refractivity contribution in [1.82, 2.24) is 4.98 Å². The normalized spacial score (nSPS) is 15.8. The molecule has 0 spiro atoms. The lowest BCUT2D eigenvalue weighted by Gasteiger charge is -2.10. The number of aromatic amines is 1. The van der Waals surface area contributed by atoms with Crippen molar-refractivity contribution in [2.24, 2.45) is 0 Å². The van der Waals surface area contributed by atoms with Crippen LogP contribution in [0, 0.1) is 0 Å². The van der Waals surface area contributed by atoms with Crippen LogP contribution in [0.4, 0.5) is 0 Å². The molecule has 0 bridgehead atoms. The van der Waals surface area contributed by atoms with Gasteiger partial charge in [-0.2, -0.15) is 0 Å². The third-order valence-corrected chi connectivity index (χ3v) is 3.36. The van der Waals surface area contributed by atoms with E-state index in [2.05, 4.69) is 29.7 Å². The molecule has 0 fully saturated rings. The highest BCUT2D eigenvalue weighted by Crippen LogP contribution is 2.30. The number of nitrogens with one attached hydrogen (secondary N) is 1. The summed E-state index contributed by atoms with van der Waals surface area (Å²) < 4.78 is 0. The highest BCUT2D eigenvalue weighted by Gasteiger charge is 2.14.